The molecule has 2 saturated heterocycles. The first-order valence-electron chi connectivity index (χ1n) is 18.9. The summed E-state index contributed by atoms with van der Waals surface area (Å²) in [5.41, 5.74) is 4.50. The van der Waals surface area contributed by atoms with Crippen LogP contribution in [0.25, 0.3) is 0 Å². The van der Waals surface area contributed by atoms with Gasteiger partial charge in [0.05, 0.1) is 39.3 Å². The van der Waals surface area contributed by atoms with Crippen LogP contribution < -0.4 is 11.1 Å². The third-order valence-electron chi connectivity index (χ3n) is 8.95. The summed E-state index contributed by atoms with van der Waals surface area (Å²) >= 11 is 0. The number of hydrogen-bond donors (Lipinski definition) is 7. The van der Waals surface area contributed by atoms with Gasteiger partial charge in [0.15, 0.2) is 0 Å². The smallest absolute Gasteiger partial charge is 0.317 e. The zero-order valence-corrected chi connectivity index (χ0v) is 34.1. The van der Waals surface area contributed by atoms with Crippen molar-refractivity contribution in [3.63, 3.8) is 0 Å². The molecule has 2 aliphatic heterocycles. The Morgan fingerprint density at radius 3 is 0.780 bits per heavy atom. The van der Waals surface area contributed by atoms with Crippen LogP contribution in [0, 0.1) is 0 Å². The summed E-state index contributed by atoms with van der Waals surface area (Å²) in [4.78, 5) is 103. The van der Waals surface area contributed by atoms with Crippen molar-refractivity contribution in [2.75, 3.05) is 172 Å². The van der Waals surface area contributed by atoms with Crippen LogP contribution in [0.3, 0.4) is 0 Å². The van der Waals surface area contributed by atoms with E-state index in [0.29, 0.717) is 118 Å². The molecule has 0 atom stereocenters. The van der Waals surface area contributed by atoms with Gasteiger partial charge >= 0.3 is 29.8 Å². The monoisotopic (exact) mass is 852 g/mol. The van der Waals surface area contributed by atoms with Gasteiger partial charge in [-0.1, -0.05) is 0 Å². The fourth-order valence-corrected chi connectivity index (χ4v) is 5.87. The first-order chi connectivity index (χ1) is 28.1. The number of carboxylic acids is 5. The van der Waals surface area contributed by atoms with E-state index in [1.807, 2.05) is 9.80 Å². The number of likely N-dealkylation sites (N-methyl/N-ethyl adjacent to an activating group) is 1. The van der Waals surface area contributed by atoms with Gasteiger partial charge in [-0.3, -0.25) is 77.6 Å². The van der Waals surface area contributed by atoms with Gasteiger partial charge in [0.1, 0.15) is 13.5 Å². The maximum atomic E-state index is 11.8. The number of carboxylic acid groups (broad SMARTS) is 5. The molecule has 1 amide bonds. The molecule has 2 fully saturated rings. The zero-order chi connectivity index (χ0) is 44.6. The van der Waals surface area contributed by atoms with E-state index in [4.69, 9.17) is 35.0 Å². The standard InChI is InChI=1S/C17H31N5O7.C16H28N4O8.CH5N/c1-18-15(24)10-19-2-3-20(11-16(25)26)4-5-21(12-17(27)28)7-9-22(8-6-19)13-29-14-23;21-13-28-12-20-7-5-18(10-15(24)25)3-1-17(9-14(22)23)2-4-19(6-8-20)11-16(26)27;1-2/h14H,2-13H2,1H3,(H,18,24)(H,25,26)(H,27,28);13H,1-12H2,(H,22,23)(H,24,25)(H,26,27);2H2,1H3. The van der Waals surface area contributed by atoms with Crippen LogP contribution in [-0.4, -0.2) is 285 Å². The normalized spacial score (nSPS) is 18.6. The second-order valence-corrected chi connectivity index (χ2v) is 13.3. The van der Waals surface area contributed by atoms with E-state index < -0.39 is 29.8 Å². The highest BCUT2D eigenvalue weighted by molar-refractivity contribution is 5.77. The van der Waals surface area contributed by atoms with Crippen LogP contribution in [0.4, 0.5) is 0 Å². The summed E-state index contributed by atoms with van der Waals surface area (Å²) in [6, 6.07) is 0. The number of aliphatic carboxylic acids is 5. The van der Waals surface area contributed by atoms with Gasteiger partial charge in [0, 0.05) is 112 Å². The molecular formula is C34H64N10O15. The molecular weight excluding hydrogens is 788 g/mol. The number of nitrogens with zero attached hydrogens (tertiary/aromatic N) is 8. The number of rotatable bonds is 18. The summed E-state index contributed by atoms with van der Waals surface area (Å²) < 4.78 is 9.64. The topological polar surface area (TPSA) is 320 Å². The summed E-state index contributed by atoms with van der Waals surface area (Å²) in [5, 5.41) is 48.1. The van der Waals surface area contributed by atoms with Gasteiger partial charge in [-0.25, -0.2) is 0 Å². The summed E-state index contributed by atoms with van der Waals surface area (Å²) in [7, 11) is 3.05. The molecule has 2 heterocycles. The summed E-state index contributed by atoms with van der Waals surface area (Å²) in [5.74, 6) is -5.05. The van der Waals surface area contributed by atoms with Crippen molar-refractivity contribution in [3.8, 4) is 0 Å². The largest absolute Gasteiger partial charge is 0.480 e. The quantitative estimate of drug-likeness (QED) is 0.0632. The van der Waals surface area contributed by atoms with Gasteiger partial charge in [-0.05, 0) is 7.05 Å². The van der Waals surface area contributed by atoms with Crippen LogP contribution >= 0.6 is 0 Å². The molecule has 340 valence electrons. The second-order valence-electron chi connectivity index (χ2n) is 13.3. The van der Waals surface area contributed by atoms with Gasteiger partial charge < -0.3 is 46.1 Å². The van der Waals surface area contributed by atoms with Gasteiger partial charge in [-0.2, -0.15) is 0 Å². The van der Waals surface area contributed by atoms with Gasteiger partial charge in [0.2, 0.25) is 5.91 Å². The average Bonchev–Trinajstić information content (AvgIpc) is 3.17. The van der Waals surface area contributed by atoms with Crippen LogP contribution in [0.15, 0.2) is 0 Å². The van der Waals surface area contributed by atoms with Crippen LogP contribution in [0.2, 0.25) is 0 Å². The molecule has 0 unspecified atom stereocenters. The molecule has 0 aliphatic carbocycles. The van der Waals surface area contributed by atoms with Crippen molar-refractivity contribution < 1.29 is 73.4 Å². The lowest BCUT2D eigenvalue weighted by molar-refractivity contribution is -0.141. The Morgan fingerprint density at radius 2 is 0.610 bits per heavy atom. The third-order valence-corrected chi connectivity index (χ3v) is 8.95. The summed E-state index contributed by atoms with van der Waals surface area (Å²) in [6.45, 7) is 6.60. The van der Waals surface area contributed by atoms with Crippen LogP contribution in [-0.2, 0) is 47.8 Å². The van der Waals surface area contributed by atoms with Gasteiger partial charge in [-0.15, -0.1) is 0 Å². The van der Waals surface area contributed by atoms with E-state index in [2.05, 4.69) is 11.1 Å². The van der Waals surface area contributed by atoms with E-state index in [-0.39, 0.29) is 58.6 Å². The molecule has 2 aliphatic rings. The lowest BCUT2D eigenvalue weighted by atomic mass is 10.3. The average molecular weight is 853 g/mol. The number of ether oxygens (including phenoxy) is 2. The van der Waals surface area contributed by atoms with Crippen LogP contribution in [0.1, 0.15) is 0 Å². The van der Waals surface area contributed by atoms with Crippen molar-refractivity contribution >= 4 is 48.7 Å². The maximum absolute atomic E-state index is 11.8. The van der Waals surface area contributed by atoms with Crippen molar-refractivity contribution in [1.29, 1.82) is 0 Å². The maximum Gasteiger partial charge on any atom is 0.317 e. The van der Waals surface area contributed by atoms with E-state index in [1.54, 1.807) is 36.4 Å². The van der Waals surface area contributed by atoms with Crippen LogP contribution in [0.5, 0.6) is 0 Å². The molecule has 25 nitrogen and oxygen atoms in total. The molecule has 0 aromatic carbocycles. The summed E-state index contributed by atoms with van der Waals surface area (Å²) in [6.07, 6.45) is 0. The first-order valence-corrected chi connectivity index (χ1v) is 18.9. The molecule has 0 aromatic rings. The Bertz CT molecular complexity index is 1240. The first kappa shape index (κ1) is 54.4. The molecule has 0 aromatic heterocycles. The SMILES string of the molecule is CN.CNC(=O)CN1CCN(COC=O)CCN(CC(=O)O)CCN(CC(=O)O)CC1.O=COCN1CCN(CC(=O)O)CCN(CC(=O)O)CCN(CC(=O)O)CC1. The minimum atomic E-state index is -1.00. The predicted molar refractivity (Wildman–Crippen MR) is 208 cm³/mol. The minimum absolute atomic E-state index is 0.0243. The van der Waals surface area contributed by atoms with E-state index in [1.165, 1.54) is 7.05 Å². The molecule has 59 heavy (non-hydrogen) atoms. The zero-order valence-electron chi connectivity index (χ0n) is 34.1. The molecule has 2 rings (SSSR count). The Hall–Kier alpha value is -4.60. The Morgan fingerprint density at radius 1 is 0.424 bits per heavy atom. The van der Waals surface area contributed by atoms with Gasteiger partial charge in [0.25, 0.3) is 12.9 Å². The number of carbonyl (C=O) groups excluding carboxylic acids is 3. The molecule has 0 spiro atoms. The minimum Gasteiger partial charge on any atom is -0.480 e. The lowest BCUT2D eigenvalue weighted by Gasteiger charge is -2.32. The molecule has 8 N–H and O–H groups in total. The Balaban J connectivity index is 0.00000109. The highest BCUT2D eigenvalue weighted by Gasteiger charge is 2.22. The third kappa shape index (κ3) is 29.3. The van der Waals surface area contributed by atoms with E-state index >= 15 is 0 Å². The van der Waals surface area contributed by atoms with E-state index in [9.17, 15) is 38.4 Å². The fourth-order valence-electron chi connectivity index (χ4n) is 5.87. The van der Waals surface area contributed by atoms with Crippen molar-refractivity contribution in [2.24, 2.45) is 5.73 Å². The number of amides is 1. The van der Waals surface area contributed by atoms with E-state index in [0.717, 1.165) is 0 Å². The van der Waals surface area contributed by atoms with Crippen molar-refractivity contribution in [3.05, 3.63) is 0 Å². The lowest BCUT2D eigenvalue weighted by Crippen LogP contribution is -2.49. The predicted octanol–water partition coefficient (Wildman–Crippen LogP) is -5.58. The molecule has 0 bridgehead atoms. The van der Waals surface area contributed by atoms with Crippen molar-refractivity contribution in [1.82, 2.24) is 44.5 Å². The number of carbonyl (C=O) groups is 8. The number of hydrogen-bond acceptors (Lipinski definition) is 19. The highest BCUT2D eigenvalue weighted by Crippen LogP contribution is 2.03. The molecule has 0 saturated carbocycles. The van der Waals surface area contributed by atoms with Crippen molar-refractivity contribution in [2.45, 2.75) is 0 Å². The second kappa shape index (κ2) is 33.3. The Labute approximate surface area is 343 Å². The Kier molecular flexibility index (Phi) is 30.7. The number of nitrogens with one attached hydrogen (secondary N) is 1. The highest BCUT2D eigenvalue weighted by atomic mass is 16.5. The number of nitrogens with two attached hydrogens (primary N) is 1. The fraction of sp³-hybridized carbons (Fsp3) is 0.765. The molecule has 25 heteroatoms. The molecule has 0 radical (unpaired) electrons.